The molecule has 18 heavy (non-hydrogen) atoms. The summed E-state index contributed by atoms with van der Waals surface area (Å²) in [6.07, 6.45) is 2.03. The van der Waals surface area contributed by atoms with Crippen molar-refractivity contribution in [3.63, 3.8) is 0 Å². The van der Waals surface area contributed by atoms with E-state index in [0.717, 1.165) is 43.0 Å². The Hall–Kier alpha value is -1.73. The molecule has 1 aliphatic rings. The van der Waals surface area contributed by atoms with E-state index >= 15 is 0 Å². The van der Waals surface area contributed by atoms with Crippen molar-refractivity contribution in [2.45, 2.75) is 19.4 Å². The molecular formula is C14H18N2O2. The summed E-state index contributed by atoms with van der Waals surface area (Å²) < 4.78 is 10.4. The fourth-order valence-electron chi connectivity index (χ4n) is 1.92. The number of benzene rings is 1. The molecular weight excluding hydrogens is 228 g/mol. The standard InChI is InChI=1S/C14H18N2O2/c1-17-12-4-3-11(7-13(12)18-2)8-16-10-14(9-15)5-6-14/h3-4,7,16H,5-6,8,10H2,1-2H3. The highest BCUT2D eigenvalue weighted by Crippen LogP contribution is 2.44. The maximum atomic E-state index is 8.98. The summed E-state index contributed by atoms with van der Waals surface area (Å²) in [4.78, 5) is 0. The number of nitrogens with one attached hydrogen (secondary N) is 1. The molecule has 0 atom stereocenters. The van der Waals surface area contributed by atoms with Gasteiger partial charge in [-0.15, -0.1) is 0 Å². The fraction of sp³-hybridized carbons (Fsp3) is 0.500. The van der Waals surface area contributed by atoms with Crippen LogP contribution in [0.3, 0.4) is 0 Å². The van der Waals surface area contributed by atoms with Crippen molar-refractivity contribution in [2.75, 3.05) is 20.8 Å². The van der Waals surface area contributed by atoms with Gasteiger partial charge >= 0.3 is 0 Å². The minimum absolute atomic E-state index is 0.101. The number of hydrogen-bond acceptors (Lipinski definition) is 4. The molecule has 0 heterocycles. The van der Waals surface area contributed by atoms with Crippen LogP contribution < -0.4 is 14.8 Å². The van der Waals surface area contributed by atoms with Crippen LogP contribution in [0.25, 0.3) is 0 Å². The molecule has 96 valence electrons. The van der Waals surface area contributed by atoms with Crippen LogP contribution in [-0.4, -0.2) is 20.8 Å². The van der Waals surface area contributed by atoms with Crippen molar-refractivity contribution in [3.8, 4) is 17.6 Å². The van der Waals surface area contributed by atoms with Crippen LogP contribution in [0, 0.1) is 16.7 Å². The number of ether oxygens (including phenoxy) is 2. The van der Waals surface area contributed by atoms with E-state index in [2.05, 4.69) is 11.4 Å². The topological polar surface area (TPSA) is 54.3 Å². The second kappa shape index (κ2) is 5.28. The van der Waals surface area contributed by atoms with Gasteiger partial charge in [-0.3, -0.25) is 0 Å². The van der Waals surface area contributed by atoms with Gasteiger partial charge in [-0.25, -0.2) is 0 Å². The van der Waals surface area contributed by atoms with E-state index in [0.29, 0.717) is 0 Å². The normalized spacial score (nSPS) is 15.8. The van der Waals surface area contributed by atoms with E-state index in [-0.39, 0.29) is 5.41 Å². The number of nitrogens with zero attached hydrogens (tertiary/aromatic N) is 1. The Morgan fingerprint density at radius 1 is 1.28 bits per heavy atom. The van der Waals surface area contributed by atoms with E-state index in [9.17, 15) is 0 Å². The molecule has 0 amide bonds. The zero-order valence-corrected chi connectivity index (χ0v) is 10.8. The van der Waals surface area contributed by atoms with Crippen molar-refractivity contribution >= 4 is 0 Å². The molecule has 0 bridgehead atoms. The van der Waals surface area contributed by atoms with Crippen molar-refractivity contribution in [1.29, 1.82) is 5.26 Å². The first-order chi connectivity index (χ1) is 8.73. The molecule has 0 saturated heterocycles. The van der Waals surface area contributed by atoms with Gasteiger partial charge in [-0.1, -0.05) is 6.07 Å². The summed E-state index contributed by atoms with van der Waals surface area (Å²) in [7, 11) is 3.25. The molecule has 0 spiro atoms. The lowest BCUT2D eigenvalue weighted by Crippen LogP contribution is -2.22. The number of methoxy groups -OCH3 is 2. The molecule has 0 aliphatic heterocycles. The SMILES string of the molecule is COc1ccc(CNCC2(C#N)CC2)cc1OC. The van der Waals surface area contributed by atoms with Crippen LogP contribution in [0.15, 0.2) is 18.2 Å². The Balaban J connectivity index is 1.92. The second-order valence-corrected chi connectivity index (χ2v) is 4.69. The summed E-state index contributed by atoms with van der Waals surface area (Å²) in [6.45, 7) is 1.50. The highest BCUT2D eigenvalue weighted by Gasteiger charge is 2.42. The lowest BCUT2D eigenvalue weighted by molar-refractivity contribution is 0.354. The summed E-state index contributed by atoms with van der Waals surface area (Å²) in [5.74, 6) is 1.47. The van der Waals surface area contributed by atoms with Crippen LogP contribution in [0.2, 0.25) is 0 Å². The van der Waals surface area contributed by atoms with Crippen molar-refractivity contribution in [2.24, 2.45) is 5.41 Å². The predicted molar refractivity (Wildman–Crippen MR) is 68.5 cm³/mol. The summed E-state index contributed by atoms with van der Waals surface area (Å²) in [5.41, 5.74) is 1.03. The van der Waals surface area contributed by atoms with Crippen LogP contribution in [0.1, 0.15) is 18.4 Å². The van der Waals surface area contributed by atoms with Crippen molar-refractivity contribution in [1.82, 2.24) is 5.32 Å². The summed E-state index contributed by atoms with van der Waals surface area (Å²) in [5, 5.41) is 12.3. The maximum absolute atomic E-state index is 8.98. The van der Waals surface area contributed by atoms with E-state index in [1.165, 1.54) is 0 Å². The lowest BCUT2D eigenvalue weighted by Gasteiger charge is -2.11. The Labute approximate surface area is 108 Å². The first kappa shape index (κ1) is 12.7. The molecule has 1 fully saturated rings. The summed E-state index contributed by atoms with van der Waals surface area (Å²) in [6, 6.07) is 8.22. The van der Waals surface area contributed by atoms with Crippen molar-refractivity contribution < 1.29 is 9.47 Å². The molecule has 2 rings (SSSR count). The van der Waals surface area contributed by atoms with Gasteiger partial charge in [0.1, 0.15) is 0 Å². The van der Waals surface area contributed by atoms with Gasteiger partial charge in [0.15, 0.2) is 11.5 Å². The van der Waals surface area contributed by atoms with Gasteiger partial charge in [0.25, 0.3) is 0 Å². The predicted octanol–water partition coefficient (Wildman–Crippen LogP) is 2.10. The molecule has 0 aromatic heterocycles. The maximum Gasteiger partial charge on any atom is 0.161 e. The fourth-order valence-corrected chi connectivity index (χ4v) is 1.92. The average molecular weight is 246 g/mol. The monoisotopic (exact) mass is 246 g/mol. The highest BCUT2D eigenvalue weighted by molar-refractivity contribution is 5.42. The number of hydrogen-bond donors (Lipinski definition) is 1. The molecule has 1 saturated carbocycles. The quantitative estimate of drug-likeness (QED) is 0.835. The second-order valence-electron chi connectivity index (χ2n) is 4.69. The molecule has 1 aliphatic carbocycles. The van der Waals surface area contributed by atoms with Crippen LogP contribution in [0.4, 0.5) is 0 Å². The Kier molecular flexibility index (Phi) is 3.73. The molecule has 4 nitrogen and oxygen atoms in total. The molecule has 0 radical (unpaired) electrons. The van der Waals surface area contributed by atoms with Crippen LogP contribution >= 0.6 is 0 Å². The Morgan fingerprint density at radius 3 is 2.56 bits per heavy atom. The first-order valence-electron chi connectivity index (χ1n) is 6.06. The molecule has 1 aromatic carbocycles. The molecule has 1 N–H and O–H groups in total. The lowest BCUT2D eigenvalue weighted by atomic mass is 10.1. The molecule has 0 unspecified atom stereocenters. The van der Waals surface area contributed by atoms with Crippen molar-refractivity contribution in [3.05, 3.63) is 23.8 Å². The van der Waals surface area contributed by atoms with E-state index in [4.69, 9.17) is 14.7 Å². The number of rotatable bonds is 6. The average Bonchev–Trinajstić information content (AvgIpc) is 3.19. The zero-order chi connectivity index (χ0) is 13.0. The van der Waals surface area contributed by atoms with Crippen LogP contribution in [-0.2, 0) is 6.54 Å². The Morgan fingerprint density at radius 2 is 2.00 bits per heavy atom. The first-order valence-corrected chi connectivity index (χ1v) is 6.06. The van der Waals surface area contributed by atoms with Gasteiger partial charge in [0.05, 0.1) is 25.7 Å². The molecule has 1 aromatic rings. The van der Waals surface area contributed by atoms with Gasteiger partial charge in [-0.2, -0.15) is 5.26 Å². The van der Waals surface area contributed by atoms with Gasteiger partial charge in [0, 0.05) is 13.1 Å². The summed E-state index contributed by atoms with van der Waals surface area (Å²) >= 11 is 0. The Bertz CT molecular complexity index is 461. The third-order valence-corrected chi connectivity index (χ3v) is 3.33. The van der Waals surface area contributed by atoms with Gasteiger partial charge < -0.3 is 14.8 Å². The zero-order valence-electron chi connectivity index (χ0n) is 10.8. The van der Waals surface area contributed by atoms with E-state index in [1.54, 1.807) is 14.2 Å². The third-order valence-electron chi connectivity index (χ3n) is 3.33. The van der Waals surface area contributed by atoms with Gasteiger partial charge in [-0.05, 0) is 30.5 Å². The van der Waals surface area contributed by atoms with Crippen LogP contribution in [0.5, 0.6) is 11.5 Å². The smallest absolute Gasteiger partial charge is 0.161 e. The van der Waals surface area contributed by atoms with E-state index in [1.807, 2.05) is 18.2 Å². The van der Waals surface area contributed by atoms with E-state index < -0.39 is 0 Å². The minimum Gasteiger partial charge on any atom is -0.493 e. The largest absolute Gasteiger partial charge is 0.493 e. The minimum atomic E-state index is -0.101. The highest BCUT2D eigenvalue weighted by atomic mass is 16.5. The van der Waals surface area contributed by atoms with Gasteiger partial charge in [0.2, 0.25) is 0 Å². The molecule has 4 heteroatoms. The third kappa shape index (κ3) is 2.74. The number of nitriles is 1.